The Hall–Kier alpha value is -3.83. The van der Waals surface area contributed by atoms with Crippen LogP contribution in [0.3, 0.4) is 0 Å². The van der Waals surface area contributed by atoms with Gasteiger partial charge in [0.15, 0.2) is 0 Å². The Labute approximate surface area is 210 Å². The highest BCUT2D eigenvalue weighted by molar-refractivity contribution is 8.00. The van der Waals surface area contributed by atoms with Gasteiger partial charge in [0.2, 0.25) is 11.8 Å². The first-order valence-electron chi connectivity index (χ1n) is 11.5. The summed E-state index contributed by atoms with van der Waals surface area (Å²) in [6.45, 7) is 4.04. The summed E-state index contributed by atoms with van der Waals surface area (Å²) in [5, 5.41) is 5.61. The molecule has 0 saturated carbocycles. The fourth-order valence-corrected chi connectivity index (χ4v) is 5.01. The molecule has 2 amide bonds. The van der Waals surface area contributed by atoms with Gasteiger partial charge in [0.05, 0.1) is 6.42 Å². The third kappa shape index (κ3) is 7.08. The van der Waals surface area contributed by atoms with E-state index in [1.54, 1.807) is 0 Å². The molecule has 4 nitrogen and oxygen atoms in total. The van der Waals surface area contributed by atoms with E-state index in [2.05, 4.69) is 16.7 Å². The maximum atomic E-state index is 13.4. The van der Waals surface area contributed by atoms with Gasteiger partial charge in [0.25, 0.3) is 0 Å². The van der Waals surface area contributed by atoms with Gasteiger partial charge in [-0.2, -0.15) is 0 Å². The first-order chi connectivity index (χ1) is 17.0. The molecule has 0 fully saturated rings. The average Bonchev–Trinajstić information content (AvgIpc) is 2.83. The average molecular weight is 481 g/mol. The zero-order valence-electron chi connectivity index (χ0n) is 19.8. The zero-order valence-corrected chi connectivity index (χ0v) is 20.6. The smallest absolute Gasteiger partial charge is 0.242 e. The van der Waals surface area contributed by atoms with Gasteiger partial charge in [0, 0.05) is 16.3 Å². The molecule has 0 saturated heterocycles. The van der Waals surface area contributed by atoms with E-state index < -0.39 is 5.25 Å². The van der Waals surface area contributed by atoms with Crippen LogP contribution in [0.25, 0.3) is 0 Å². The molecule has 0 aliphatic heterocycles. The Balaban J connectivity index is 1.51. The van der Waals surface area contributed by atoms with E-state index in [-0.39, 0.29) is 11.8 Å². The molecule has 1 atom stereocenters. The van der Waals surface area contributed by atoms with E-state index in [0.717, 1.165) is 32.8 Å². The maximum absolute atomic E-state index is 13.4. The monoisotopic (exact) mass is 480 g/mol. The van der Waals surface area contributed by atoms with Gasteiger partial charge in [-0.05, 0) is 66.4 Å². The van der Waals surface area contributed by atoms with E-state index >= 15 is 0 Å². The predicted octanol–water partition coefficient (Wildman–Crippen LogP) is 6.96. The lowest BCUT2D eigenvalue weighted by Crippen LogP contribution is -2.19. The second-order valence-electron chi connectivity index (χ2n) is 8.51. The van der Waals surface area contributed by atoms with Crippen molar-refractivity contribution in [2.24, 2.45) is 0 Å². The molecule has 0 aliphatic carbocycles. The lowest BCUT2D eigenvalue weighted by molar-refractivity contribution is -0.116. The molecule has 4 aromatic carbocycles. The molecule has 0 radical (unpaired) electrons. The molecule has 1 unspecified atom stereocenters. The summed E-state index contributed by atoms with van der Waals surface area (Å²) in [5.74, 6) is -0.171. The molecule has 0 bridgehead atoms. The number of aryl methyl sites for hydroxylation is 2. The van der Waals surface area contributed by atoms with E-state index in [9.17, 15) is 9.59 Å². The van der Waals surface area contributed by atoms with E-state index in [1.807, 2.05) is 111 Å². The first-order valence-corrected chi connectivity index (χ1v) is 12.4. The second kappa shape index (κ2) is 11.5. The van der Waals surface area contributed by atoms with Crippen molar-refractivity contribution in [3.05, 3.63) is 125 Å². The number of benzene rings is 4. The normalized spacial score (nSPS) is 11.5. The quantitative estimate of drug-likeness (QED) is 0.268. The summed E-state index contributed by atoms with van der Waals surface area (Å²) in [6.07, 6.45) is 0.309. The van der Waals surface area contributed by atoms with Crippen molar-refractivity contribution in [2.75, 3.05) is 10.6 Å². The molecule has 2 N–H and O–H groups in total. The Kier molecular flexibility index (Phi) is 8.01. The number of amides is 2. The van der Waals surface area contributed by atoms with Crippen molar-refractivity contribution in [1.82, 2.24) is 0 Å². The lowest BCUT2D eigenvalue weighted by atomic mass is 10.1. The molecule has 0 aromatic heterocycles. The van der Waals surface area contributed by atoms with Crippen LogP contribution in [0.1, 0.15) is 27.5 Å². The molecule has 0 spiro atoms. The Morgan fingerprint density at radius 2 is 1.37 bits per heavy atom. The van der Waals surface area contributed by atoms with Crippen molar-refractivity contribution in [3.63, 3.8) is 0 Å². The highest BCUT2D eigenvalue weighted by Crippen LogP contribution is 2.37. The number of nitrogens with one attached hydrogen (secondary N) is 2. The van der Waals surface area contributed by atoms with Crippen LogP contribution in [-0.4, -0.2) is 11.8 Å². The van der Waals surface area contributed by atoms with Crippen LogP contribution < -0.4 is 10.6 Å². The van der Waals surface area contributed by atoms with Crippen molar-refractivity contribution in [1.29, 1.82) is 0 Å². The van der Waals surface area contributed by atoms with E-state index in [4.69, 9.17) is 0 Å². The number of rotatable bonds is 8. The number of thioether (sulfide) groups is 1. The molecule has 176 valence electrons. The van der Waals surface area contributed by atoms with Gasteiger partial charge in [0.1, 0.15) is 5.25 Å². The SMILES string of the molecule is Cc1cc(C)cc(NC(=O)C(Sc2cccc(NC(=O)Cc3ccccc3)c2)c2ccccc2)c1. The molecule has 0 heterocycles. The highest BCUT2D eigenvalue weighted by atomic mass is 32.2. The number of hydrogen-bond donors (Lipinski definition) is 2. The van der Waals surface area contributed by atoms with Gasteiger partial charge in [-0.1, -0.05) is 72.8 Å². The van der Waals surface area contributed by atoms with Crippen molar-refractivity contribution in [3.8, 4) is 0 Å². The van der Waals surface area contributed by atoms with Gasteiger partial charge in [-0.25, -0.2) is 0 Å². The third-order valence-corrected chi connectivity index (χ3v) is 6.66. The Morgan fingerprint density at radius 1 is 0.714 bits per heavy atom. The lowest BCUT2D eigenvalue weighted by Gasteiger charge is -2.18. The number of carbonyl (C=O) groups is 2. The fraction of sp³-hybridized carbons (Fsp3) is 0.133. The van der Waals surface area contributed by atoms with Crippen LogP contribution in [0.2, 0.25) is 0 Å². The Morgan fingerprint density at radius 3 is 2.06 bits per heavy atom. The van der Waals surface area contributed by atoms with Gasteiger partial charge >= 0.3 is 0 Å². The fourth-order valence-electron chi connectivity index (χ4n) is 3.93. The van der Waals surface area contributed by atoms with Gasteiger partial charge < -0.3 is 10.6 Å². The first kappa shape index (κ1) is 24.3. The second-order valence-corrected chi connectivity index (χ2v) is 9.69. The third-order valence-electron chi connectivity index (χ3n) is 5.41. The largest absolute Gasteiger partial charge is 0.326 e. The summed E-state index contributed by atoms with van der Waals surface area (Å²) in [7, 11) is 0. The number of anilines is 2. The van der Waals surface area contributed by atoms with Crippen LogP contribution >= 0.6 is 11.8 Å². The Bertz CT molecular complexity index is 1290. The minimum atomic E-state index is -0.452. The molecule has 0 aliphatic rings. The summed E-state index contributed by atoms with van der Waals surface area (Å²) in [6, 6.07) is 33.0. The number of hydrogen-bond acceptors (Lipinski definition) is 3. The van der Waals surface area contributed by atoms with E-state index in [0.29, 0.717) is 12.1 Å². The molecule has 35 heavy (non-hydrogen) atoms. The van der Waals surface area contributed by atoms with Crippen LogP contribution in [0.15, 0.2) is 108 Å². The minimum absolute atomic E-state index is 0.0782. The standard InChI is InChI=1S/C30H28N2O2S/c1-21-16-22(2)18-26(17-21)32-30(34)29(24-12-7-4-8-13-24)35-27-15-9-14-25(20-27)31-28(33)19-23-10-5-3-6-11-23/h3-18,20,29H,19H2,1-2H3,(H,31,33)(H,32,34). The summed E-state index contributed by atoms with van der Waals surface area (Å²) < 4.78 is 0. The molecular weight excluding hydrogens is 452 g/mol. The summed E-state index contributed by atoms with van der Waals surface area (Å²) in [4.78, 5) is 26.8. The van der Waals surface area contributed by atoms with Crippen LogP contribution in [-0.2, 0) is 16.0 Å². The van der Waals surface area contributed by atoms with Crippen LogP contribution in [0, 0.1) is 13.8 Å². The maximum Gasteiger partial charge on any atom is 0.242 e. The van der Waals surface area contributed by atoms with Crippen LogP contribution in [0.4, 0.5) is 11.4 Å². The summed E-state index contributed by atoms with van der Waals surface area (Å²) in [5.41, 5.74) is 5.57. The number of carbonyl (C=O) groups excluding carboxylic acids is 2. The zero-order chi connectivity index (χ0) is 24.6. The summed E-state index contributed by atoms with van der Waals surface area (Å²) >= 11 is 1.46. The van der Waals surface area contributed by atoms with Gasteiger partial charge in [-0.3, -0.25) is 9.59 Å². The minimum Gasteiger partial charge on any atom is -0.326 e. The molecule has 5 heteroatoms. The van der Waals surface area contributed by atoms with E-state index in [1.165, 1.54) is 11.8 Å². The highest BCUT2D eigenvalue weighted by Gasteiger charge is 2.22. The van der Waals surface area contributed by atoms with Crippen LogP contribution in [0.5, 0.6) is 0 Å². The van der Waals surface area contributed by atoms with Crippen molar-refractivity contribution >= 4 is 35.0 Å². The topological polar surface area (TPSA) is 58.2 Å². The van der Waals surface area contributed by atoms with Gasteiger partial charge in [-0.15, -0.1) is 11.8 Å². The molecule has 4 aromatic rings. The molecular formula is C30H28N2O2S. The van der Waals surface area contributed by atoms with Crippen molar-refractivity contribution in [2.45, 2.75) is 30.4 Å². The molecule has 4 rings (SSSR count). The van der Waals surface area contributed by atoms with Crippen molar-refractivity contribution < 1.29 is 9.59 Å². The predicted molar refractivity (Wildman–Crippen MR) is 145 cm³/mol.